The van der Waals surface area contributed by atoms with Crippen LogP contribution in [0.2, 0.25) is 13.1 Å². The van der Waals surface area contributed by atoms with Crippen LogP contribution in [-0.2, 0) is 14.6 Å². The van der Waals surface area contributed by atoms with Crippen molar-refractivity contribution < 1.29 is 14.3 Å². The minimum absolute atomic E-state index is 0.195. The summed E-state index contributed by atoms with van der Waals surface area (Å²) in [6.45, 7) is 7.22. The van der Waals surface area contributed by atoms with E-state index >= 15 is 0 Å². The van der Waals surface area contributed by atoms with Gasteiger partial charge in [0.25, 0.3) is 0 Å². The summed E-state index contributed by atoms with van der Waals surface area (Å²) in [4.78, 5) is 0. The van der Waals surface area contributed by atoms with E-state index in [4.69, 9.17) is 9.16 Å². The molecule has 4 heteroatoms. The molecule has 3 aromatic rings. The standard InChI is InChI=1S/C31H42O3Si/c1-5-6-10-23-29(32)24-25-34-35(3,4)30(33-2)31(26-17-11-7-12-18-26,27-19-13-8-14-20-27)28-21-15-9-16-22-28/h7-9,11-22,29-30,32H,5-6,10,23-25H2,1-4H3/t29-,30-/m1/s1. The molecule has 0 fully saturated rings. The molecule has 0 amide bonds. The second kappa shape index (κ2) is 13.2. The van der Waals surface area contributed by atoms with E-state index in [1.165, 1.54) is 23.1 Å². The minimum atomic E-state index is -2.45. The van der Waals surface area contributed by atoms with Gasteiger partial charge in [0, 0.05) is 13.7 Å². The molecule has 0 aliphatic carbocycles. The van der Waals surface area contributed by atoms with Crippen molar-refractivity contribution in [3.05, 3.63) is 108 Å². The van der Waals surface area contributed by atoms with Crippen LogP contribution in [0.15, 0.2) is 91.0 Å². The molecule has 0 saturated carbocycles. The third kappa shape index (κ3) is 6.50. The SMILES string of the molecule is CCCCC[C@@H](O)CCO[Si](C)(C)[C@@H](OC)C(c1ccccc1)(c1ccccc1)c1ccccc1. The monoisotopic (exact) mass is 490 g/mol. The molecule has 0 aliphatic rings. The first-order valence-corrected chi connectivity index (χ1v) is 16.0. The lowest BCUT2D eigenvalue weighted by Gasteiger charge is -2.47. The zero-order valence-electron chi connectivity index (χ0n) is 21.8. The van der Waals surface area contributed by atoms with Gasteiger partial charge >= 0.3 is 0 Å². The summed E-state index contributed by atoms with van der Waals surface area (Å²) in [5, 5.41) is 10.5. The highest BCUT2D eigenvalue weighted by atomic mass is 28.4. The maximum atomic E-state index is 10.5. The molecule has 0 aromatic heterocycles. The molecule has 0 aliphatic heterocycles. The Morgan fingerprint density at radius 2 is 1.20 bits per heavy atom. The predicted octanol–water partition coefficient (Wildman–Crippen LogP) is 7.13. The van der Waals surface area contributed by atoms with Gasteiger partial charge in [-0.05, 0) is 42.6 Å². The molecule has 0 unspecified atom stereocenters. The summed E-state index contributed by atoms with van der Waals surface area (Å²) in [5.41, 5.74) is 2.84. The van der Waals surface area contributed by atoms with Gasteiger partial charge in [0.1, 0.15) is 0 Å². The number of methoxy groups -OCH3 is 1. The van der Waals surface area contributed by atoms with Gasteiger partial charge < -0.3 is 14.3 Å². The molecular formula is C31H42O3Si. The van der Waals surface area contributed by atoms with Crippen molar-refractivity contribution in [1.82, 2.24) is 0 Å². The van der Waals surface area contributed by atoms with Gasteiger partial charge in [-0.15, -0.1) is 0 Å². The summed E-state index contributed by atoms with van der Waals surface area (Å²) in [6.07, 6.45) is 4.59. The minimum Gasteiger partial charge on any atom is -0.415 e. The second-order valence-electron chi connectivity index (χ2n) is 9.91. The van der Waals surface area contributed by atoms with Gasteiger partial charge in [-0.25, -0.2) is 0 Å². The van der Waals surface area contributed by atoms with E-state index in [1.54, 1.807) is 0 Å². The van der Waals surface area contributed by atoms with Crippen molar-refractivity contribution in [3.63, 3.8) is 0 Å². The molecule has 2 atom stereocenters. The number of hydrogen-bond acceptors (Lipinski definition) is 3. The zero-order valence-corrected chi connectivity index (χ0v) is 22.8. The Labute approximate surface area is 213 Å². The molecular weight excluding hydrogens is 448 g/mol. The Bertz CT molecular complexity index is 879. The van der Waals surface area contributed by atoms with Crippen LogP contribution in [0, 0.1) is 0 Å². The van der Waals surface area contributed by atoms with Gasteiger partial charge in [-0.3, -0.25) is 0 Å². The number of benzene rings is 3. The third-order valence-corrected chi connectivity index (χ3v) is 9.89. The van der Waals surface area contributed by atoms with E-state index in [0.29, 0.717) is 13.0 Å². The van der Waals surface area contributed by atoms with Crippen LogP contribution in [0.4, 0.5) is 0 Å². The van der Waals surface area contributed by atoms with Crippen LogP contribution in [-0.4, -0.2) is 39.0 Å². The number of unbranched alkanes of at least 4 members (excludes halogenated alkanes) is 2. The van der Waals surface area contributed by atoms with Crippen molar-refractivity contribution in [3.8, 4) is 0 Å². The van der Waals surface area contributed by atoms with E-state index in [1.807, 2.05) is 7.11 Å². The van der Waals surface area contributed by atoms with Crippen LogP contribution < -0.4 is 0 Å². The summed E-state index contributed by atoms with van der Waals surface area (Å²) >= 11 is 0. The Balaban J connectivity index is 2.03. The average Bonchev–Trinajstić information content (AvgIpc) is 2.88. The molecule has 0 bridgehead atoms. The molecule has 0 saturated heterocycles. The molecule has 35 heavy (non-hydrogen) atoms. The highest BCUT2D eigenvalue weighted by molar-refractivity contribution is 6.73. The quantitative estimate of drug-likeness (QED) is 0.148. The Morgan fingerprint density at radius 3 is 1.60 bits per heavy atom. The van der Waals surface area contributed by atoms with E-state index in [-0.39, 0.29) is 11.8 Å². The van der Waals surface area contributed by atoms with Crippen molar-refractivity contribution >= 4 is 8.32 Å². The number of hydrogen-bond donors (Lipinski definition) is 1. The largest absolute Gasteiger partial charge is 0.415 e. The van der Waals surface area contributed by atoms with Crippen molar-refractivity contribution in [2.75, 3.05) is 13.7 Å². The van der Waals surface area contributed by atoms with Crippen LogP contribution in [0.25, 0.3) is 0 Å². The Morgan fingerprint density at radius 1 is 0.743 bits per heavy atom. The van der Waals surface area contributed by atoms with Crippen molar-refractivity contribution in [2.24, 2.45) is 0 Å². The highest BCUT2D eigenvalue weighted by Gasteiger charge is 2.52. The first-order valence-electron chi connectivity index (χ1n) is 13.0. The van der Waals surface area contributed by atoms with Gasteiger partial charge in [0.2, 0.25) is 8.32 Å². The van der Waals surface area contributed by atoms with Crippen LogP contribution >= 0.6 is 0 Å². The van der Waals surface area contributed by atoms with E-state index < -0.39 is 13.7 Å². The molecule has 3 aromatic carbocycles. The number of ether oxygens (including phenoxy) is 1. The predicted molar refractivity (Wildman–Crippen MR) is 148 cm³/mol. The van der Waals surface area contributed by atoms with Crippen LogP contribution in [0.3, 0.4) is 0 Å². The smallest absolute Gasteiger partial charge is 0.216 e. The molecule has 3 rings (SSSR count). The number of aliphatic hydroxyl groups is 1. The zero-order chi connectivity index (χ0) is 25.2. The van der Waals surface area contributed by atoms with Gasteiger partial charge in [0.15, 0.2) is 0 Å². The fourth-order valence-corrected chi connectivity index (χ4v) is 8.25. The van der Waals surface area contributed by atoms with Gasteiger partial charge in [-0.1, -0.05) is 117 Å². The topological polar surface area (TPSA) is 38.7 Å². The first-order chi connectivity index (χ1) is 17.0. The summed E-state index contributed by atoms with van der Waals surface area (Å²) in [6, 6.07) is 32.0. The fourth-order valence-electron chi connectivity index (χ4n) is 5.35. The Hall–Kier alpha value is -2.24. The summed E-state index contributed by atoms with van der Waals surface area (Å²) < 4.78 is 13.1. The molecule has 188 valence electrons. The molecule has 3 nitrogen and oxygen atoms in total. The molecule has 0 spiro atoms. The first kappa shape index (κ1) is 27.3. The Kier molecular flexibility index (Phi) is 10.3. The van der Waals surface area contributed by atoms with Crippen LogP contribution in [0.1, 0.15) is 55.7 Å². The molecule has 1 N–H and O–H groups in total. The molecule has 0 radical (unpaired) electrons. The normalized spacial score (nSPS) is 14.0. The van der Waals surface area contributed by atoms with E-state index in [2.05, 4.69) is 111 Å². The lowest BCUT2D eigenvalue weighted by Crippen LogP contribution is -2.59. The summed E-state index contributed by atoms with van der Waals surface area (Å²) in [7, 11) is -0.643. The molecule has 0 heterocycles. The maximum absolute atomic E-state index is 10.5. The van der Waals surface area contributed by atoms with Gasteiger partial charge in [-0.2, -0.15) is 0 Å². The highest BCUT2D eigenvalue weighted by Crippen LogP contribution is 2.46. The third-order valence-electron chi connectivity index (χ3n) is 7.01. The average molecular weight is 491 g/mol. The van der Waals surface area contributed by atoms with Crippen molar-refractivity contribution in [2.45, 2.75) is 69.4 Å². The van der Waals surface area contributed by atoms with E-state index in [0.717, 1.165) is 19.3 Å². The van der Waals surface area contributed by atoms with Gasteiger partial charge in [0.05, 0.1) is 17.2 Å². The lowest BCUT2D eigenvalue weighted by atomic mass is 9.69. The number of aliphatic hydroxyl groups excluding tert-OH is 1. The van der Waals surface area contributed by atoms with Crippen LogP contribution in [0.5, 0.6) is 0 Å². The second-order valence-corrected chi connectivity index (χ2v) is 13.9. The lowest BCUT2D eigenvalue weighted by molar-refractivity contribution is 0.0842. The van der Waals surface area contributed by atoms with Crippen molar-refractivity contribution in [1.29, 1.82) is 0 Å². The maximum Gasteiger partial charge on any atom is 0.216 e. The summed E-state index contributed by atoms with van der Waals surface area (Å²) in [5.74, 6) is 0. The number of rotatable bonds is 14. The van der Waals surface area contributed by atoms with E-state index in [9.17, 15) is 5.11 Å². The fraction of sp³-hybridized carbons (Fsp3) is 0.419.